The molecule has 0 spiro atoms. The number of benzene rings is 1. The van der Waals surface area contributed by atoms with Gasteiger partial charge in [-0.3, -0.25) is 9.69 Å². The van der Waals surface area contributed by atoms with E-state index >= 15 is 0 Å². The fraction of sp³-hybridized carbons (Fsp3) is 0.467. The molecule has 1 aliphatic rings. The largest absolute Gasteiger partial charge is 0.481 e. The van der Waals surface area contributed by atoms with Crippen molar-refractivity contribution in [3.8, 4) is 6.07 Å². The molecule has 0 aromatic heterocycles. The normalized spacial score (nSPS) is 24.9. The Bertz CT molecular complexity index is 504. The molecule has 3 atom stereocenters. The van der Waals surface area contributed by atoms with Gasteiger partial charge >= 0.3 is 5.97 Å². The summed E-state index contributed by atoms with van der Waals surface area (Å²) in [4.78, 5) is 13.3. The first-order chi connectivity index (χ1) is 9.02. The second-order valence-electron chi connectivity index (χ2n) is 5.29. The minimum absolute atomic E-state index is 0.179. The molecule has 4 heteroatoms. The molecular weight excluding hydrogens is 240 g/mol. The van der Waals surface area contributed by atoms with E-state index < -0.39 is 5.97 Å². The number of likely N-dealkylation sites (tertiary alicyclic amines) is 1. The first-order valence-corrected chi connectivity index (χ1v) is 6.50. The molecule has 0 aliphatic carbocycles. The topological polar surface area (TPSA) is 64.3 Å². The summed E-state index contributed by atoms with van der Waals surface area (Å²) in [5, 5.41) is 17.9. The number of carboxylic acids is 1. The van der Waals surface area contributed by atoms with Crippen molar-refractivity contribution < 1.29 is 9.90 Å². The Morgan fingerprint density at radius 2 is 2.05 bits per heavy atom. The molecule has 1 fully saturated rings. The lowest BCUT2D eigenvalue weighted by molar-refractivity contribution is -0.142. The summed E-state index contributed by atoms with van der Waals surface area (Å²) in [5.74, 6) is -0.804. The fourth-order valence-corrected chi connectivity index (χ4v) is 2.69. The summed E-state index contributed by atoms with van der Waals surface area (Å²) < 4.78 is 0. The minimum atomic E-state index is -0.706. The molecule has 2 rings (SSSR count). The van der Waals surface area contributed by atoms with Crippen molar-refractivity contribution >= 4 is 5.97 Å². The number of carboxylic acid groups (broad SMARTS) is 1. The number of hydrogen-bond donors (Lipinski definition) is 1. The second kappa shape index (κ2) is 5.41. The highest BCUT2D eigenvalue weighted by Crippen LogP contribution is 2.31. The van der Waals surface area contributed by atoms with Crippen molar-refractivity contribution in [2.45, 2.75) is 19.9 Å². The summed E-state index contributed by atoms with van der Waals surface area (Å²) in [5.41, 5.74) is 1.77. The van der Waals surface area contributed by atoms with Crippen molar-refractivity contribution in [1.82, 2.24) is 4.90 Å². The average molecular weight is 258 g/mol. The molecule has 0 amide bonds. The van der Waals surface area contributed by atoms with Crippen molar-refractivity contribution in [3.63, 3.8) is 0 Å². The van der Waals surface area contributed by atoms with Gasteiger partial charge in [0.15, 0.2) is 0 Å². The minimum Gasteiger partial charge on any atom is -0.481 e. The Morgan fingerprint density at radius 1 is 1.42 bits per heavy atom. The molecule has 0 radical (unpaired) electrons. The van der Waals surface area contributed by atoms with E-state index in [1.165, 1.54) is 0 Å². The Morgan fingerprint density at radius 3 is 2.53 bits per heavy atom. The molecule has 1 heterocycles. The summed E-state index contributed by atoms with van der Waals surface area (Å²) in [7, 11) is 0. The van der Waals surface area contributed by atoms with Gasteiger partial charge in [-0.1, -0.05) is 19.1 Å². The van der Waals surface area contributed by atoms with Crippen molar-refractivity contribution in [2.75, 3.05) is 13.1 Å². The van der Waals surface area contributed by atoms with Crippen LogP contribution in [0.4, 0.5) is 0 Å². The van der Waals surface area contributed by atoms with Crippen LogP contribution >= 0.6 is 0 Å². The van der Waals surface area contributed by atoms with Crippen LogP contribution in [-0.4, -0.2) is 29.1 Å². The smallest absolute Gasteiger partial charge is 0.308 e. The monoisotopic (exact) mass is 258 g/mol. The van der Waals surface area contributed by atoms with Gasteiger partial charge in [0.2, 0.25) is 0 Å². The third kappa shape index (κ3) is 2.77. The molecular formula is C15H18N2O2. The number of aliphatic carboxylic acids is 1. The van der Waals surface area contributed by atoms with Gasteiger partial charge < -0.3 is 5.11 Å². The predicted octanol–water partition coefficient (Wildman–Crippen LogP) is 2.27. The molecule has 1 aromatic rings. The van der Waals surface area contributed by atoms with Crippen LogP contribution in [0.3, 0.4) is 0 Å². The van der Waals surface area contributed by atoms with Crippen LogP contribution in [0.15, 0.2) is 24.3 Å². The van der Waals surface area contributed by atoms with E-state index in [1.54, 1.807) is 12.1 Å². The zero-order valence-electron chi connectivity index (χ0n) is 11.2. The van der Waals surface area contributed by atoms with Crippen molar-refractivity contribution in [3.05, 3.63) is 35.4 Å². The molecule has 1 aliphatic heterocycles. The fourth-order valence-electron chi connectivity index (χ4n) is 2.69. The lowest BCUT2D eigenvalue weighted by atomic mass is 9.99. The molecule has 1 saturated heterocycles. The van der Waals surface area contributed by atoms with Gasteiger partial charge in [0, 0.05) is 19.1 Å². The molecule has 1 unspecified atom stereocenters. The number of nitriles is 1. The molecule has 100 valence electrons. The van der Waals surface area contributed by atoms with Gasteiger partial charge in [-0.25, -0.2) is 0 Å². The van der Waals surface area contributed by atoms with Gasteiger partial charge in [0.1, 0.15) is 0 Å². The molecule has 0 saturated carbocycles. The quantitative estimate of drug-likeness (QED) is 0.903. The SMILES string of the molecule is CC(c1ccc(C#N)cc1)N1C[C@@H](C)[C@H](C(=O)O)C1. The van der Waals surface area contributed by atoms with E-state index in [2.05, 4.69) is 17.9 Å². The van der Waals surface area contributed by atoms with Gasteiger partial charge in [0.25, 0.3) is 0 Å². The number of nitrogens with zero attached hydrogens (tertiary/aromatic N) is 2. The van der Waals surface area contributed by atoms with Gasteiger partial charge in [-0.2, -0.15) is 5.26 Å². The van der Waals surface area contributed by atoms with E-state index in [-0.39, 0.29) is 17.9 Å². The van der Waals surface area contributed by atoms with E-state index in [0.29, 0.717) is 12.1 Å². The van der Waals surface area contributed by atoms with Crippen molar-refractivity contribution in [2.24, 2.45) is 11.8 Å². The maximum Gasteiger partial charge on any atom is 0.308 e. The van der Waals surface area contributed by atoms with Crippen LogP contribution in [-0.2, 0) is 4.79 Å². The number of carbonyl (C=O) groups is 1. The Kier molecular flexibility index (Phi) is 3.87. The predicted molar refractivity (Wildman–Crippen MR) is 71.4 cm³/mol. The Balaban J connectivity index is 2.10. The molecule has 1 N–H and O–H groups in total. The molecule has 19 heavy (non-hydrogen) atoms. The van der Waals surface area contributed by atoms with Crippen LogP contribution in [0.25, 0.3) is 0 Å². The maximum absolute atomic E-state index is 11.1. The van der Waals surface area contributed by atoms with E-state index in [9.17, 15) is 4.79 Å². The van der Waals surface area contributed by atoms with E-state index in [1.807, 2.05) is 19.1 Å². The highest BCUT2D eigenvalue weighted by molar-refractivity contribution is 5.71. The third-order valence-corrected chi connectivity index (χ3v) is 4.03. The lowest BCUT2D eigenvalue weighted by Crippen LogP contribution is -2.26. The average Bonchev–Trinajstić information content (AvgIpc) is 2.80. The van der Waals surface area contributed by atoms with Gasteiger partial charge in [0.05, 0.1) is 17.6 Å². The number of rotatable bonds is 3. The van der Waals surface area contributed by atoms with Crippen LogP contribution in [0.2, 0.25) is 0 Å². The van der Waals surface area contributed by atoms with Crippen LogP contribution in [0.1, 0.15) is 31.0 Å². The zero-order chi connectivity index (χ0) is 14.0. The Hall–Kier alpha value is -1.86. The summed E-state index contributed by atoms with van der Waals surface area (Å²) in [6.07, 6.45) is 0. The van der Waals surface area contributed by atoms with Crippen LogP contribution in [0.5, 0.6) is 0 Å². The van der Waals surface area contributed by atoms with Crippen LogP contribution < -0.4 is 0 Å². The zero-order valence-corrected chi connectivity index (χ0v) is 11.2. The third-order valence-electron chi connectivity index (χ3n) is 4.03. The number of hydrogen-bond acceptors (Lipinski definition) is 3. The summed E-state index contributed by atoms with van der Waals surface area (Å²) in [6.45, 7) is 5.47. The van der Waals surface area contributed by atoms with E-state index in [0.717, 1.165) is 12.1 Å². The highest BCUT2D eigenvalue weighted by atomic mass is 16.4. The second-order valence-corrected chi connectivity index (χ2v) is 5.29. The van der Waals surface area contributed by atoms with Crippen LogP contribution in [0, 0.1) is 23.2 Å². The lowest BCUT2D eigenvalue weighted by Gasteiger charge is -2.24. The first-order valence-electron chi connectivity index (χ1n) is 6.50. The first kappa shape index (κ1) is 13.6. The standard InChI is InChI=1S/C15H18N2O2/c1-10-8-17(9-14(10)15(18)19)11(2)13-5-3-12(7-16)4-6-13/h3-6,10-11,14H,8-9H2,1-2H3,(H,18,19)/t10-,11?,14-/m1/s1. The highest BCUT2D eigenvalue weighted by Gasteiger charge is 2.36. The van der Waals surface area contributed by atoms with Crippen molar-refractivity contribution in [1.29, 1.82) is 5.26 Å². The van der Waals surface area contributed by atoms with E-state index in [4.69, 9.17) is 10.4 Å². The molecule has 0 bridgehead atoms. The summed E-state index contributed by atoms with van der Waals surface area (Å²) >= 11 is 0. The molecule has 1 aromatic carbocycles. The van der Waals surface area contributed by atoms with Gasteiger partial charge in [-0.15, -0.1) is 0 Å². The van der Waals surface area contributed by atoms with Gasteiger partial charge in [-0.05, 0) is 30.5 Å². The molecule has 4 nitrogen and oxygen atoms in total. The Labute approximate surface area is 113 Å². The maximum atomic E-state index is 11.1. The summed E-state index contributed by atoms with van der Waals surface area (Å²) in [6, 6.07) is 9.78.